The fraction of sp³-hybridized carbons (Fsp3) is 0.235. The van der Waals surface area contributed by atoms with Gasteiger partial charge in [0.1, 0.15) is 11.6 Å². The van der Waals surface area contributed by atoms with E-state index in [4.69, 9.17) is 0 Å². The summed E-state index contributed by atoms with van der Waals surface area (Å²) in [5, 5.41) is 0. The Balaban J connectivity index is 1.94. The molecule has 0 bridgehead atoms. The van der Waals surface area contributed by atoms with Crippen molar-refractivity contribution in [1.29, 1.82) is 0 Å². The largest absolute Gasteiger partial charge is 0.298 e. The first kappa shape index (κ1) is 14.8. The number of benzene rings is 2. The molecule has 2 rings (SSSR count). The molecule has 0 radical (unpaired) electrons. The molecule has 3 heteroatoms. The Morgan fingerprint density at radius 2 is 1.75 bits per heavy atom. The highest BCUT2D eigenvalue weighted by molar-refractivity contribution is 8.00. The number of ketones is 1. The van der Waals surface area contributed by atoms with Crippen molar-refractivity contribution in [1.82, 2.24) is 0 Å². The predicted molar refractivity (Wildman–Crippen MR) is 81.8 cm³/mol. The molecule has 0 aliphatic carbocycles. The number of carbonyl (C=O) groups excluding carboxylic acids is 1. The van der Waals surface area contributed by atoms with Crippen LogP contribution in [0.2, 0.25) is 0 Å². The molecule has 0 heterocycles. The van der Waals surface area contributed by atoms with E-state index in [1.807, 2.05) is 26.0 Å². The number of halogens is 1. The first-order valence-corrected chi connectivity index (χ1v) is 7.49. The summed E-state index contributed by atoms with van der Waals surface area (Å²) >= 11 is 1.26. The van der Waals surface area contributed by atoms with E-state index in [0.717, 1.165) is 16.7 Å². The molecule has 20 heavy (non-hydrogen) atoms. The van der Waals surface area contributed by atoms with Crippen LogP contribution in [0.3, 0.4) is 0 Å². The Hall–Kier alpha value is -1.61. The zero-order valence-corrected chi connectivity index (χ0v) is 12.5. The van der Waals surface area contributed by atoms with Crippen LogP contribution in [0.1, 0.15) is 16.7 Å². The van der Waals surface area contributed by atoms with Crippen molar-refractivity contribution in [3.8, 4) is 0 Å². The van der Waals surface area contributed by atoms with Crippen molar-refractivity contribution < 1.29 is 9.18 Å². The van der Waals surface area contributed by atoms with Crippen LogP contribution in [-0.2, 0) is 11.2 Å². The van der Waals surface area contributed by atoms with Gasteiger partial charge in [-0.2, -0.15) is 0 Å². The van der Waals surface area contributed by atoms with Crippen LogP contribution in [0, 0.1) is 19.7 Å². The quantitative estimate of drug-likeness (QED) is 0.761. The van der Waals surface area contributed by atoms with Gasteiger partial charge in [0.25, 0.3) is 0 Å². The highest BCUT2D eigenvalue weighted by Gasteiger charge is 2.08. The molecule has 0 aliphatic rings. The highest BCUT2D eigenvalue weighted by atomic mass is 32.2. The van der Waals surface area contributed by atoms with Gasteiger partial charge in [-0.15, -0.1) is 11.8 Å². The van der Waals surface area contributed by atoms with E-state index in [2.05, 4.69) is 6.07 Å². The smallest absolute Gasteiger partial charge is 0.147 e. The molecule has 104 valence electrons. The number of thioether (sulfide) groups is 1. The fourth-order valence-corrected chi connectivity index (χ4v) is 2.97. The van der Waals surface area contributed by atoms with Gasteiger partial charge < -0.3 is 0 Å². The second kappa shape index (κ2) is 6.71. The van der Waals surface area contributed by atoms with E-state index >= 15 is 0 Å². The standard InChI is InChI=1S/C17H17FOS/c1-12-7-13(2)9-14(8-12)10-15(19)11-20-17-6-4-3-5-16(17)18/h3-9H,10-11H2,1-2H3. The number of aryl methyl sites for hydroxylation is 2. The molecule has 2 aromatic rings. The molecule has 0 saturated carbocycles. The van der Waals surface area contributed by atoms with Gasteiger partial charge in [-0.1, -0.05) is 41.5 Å². The van der Waals surface area contributed by atoms with Crippen molar-refractivity contribution in [2.24, 2.45) is 0 Å². The van der Waals surface area contributed by atoms with Crippen LogP contribution in [0.15, 0.2) is 47.4 Å². The van der Waals surface area contributed by atoms with Gasteiger partial charge in [0.15, 0.2) is 0 Å². The third-order valence-corrected chi connectivity index (χ3v) is 4.02. The molecular weight excluding hydrogens is 271 g/mol. The number of rotatable bonds is 5. The van der Waals surface area contributed by atoms with E-state index in [0.29, 0.717) is 17.1 Å². The second-order valence-electron chi connectivity index (χ2n) is 4.93. The van der Waals surface area contributed by atoms with Crippen LogP contribution in [-0.4, -0.2) is 11.5 Å². The van der Waals surface area contributed by atoms with Crippen LogP contribution in [0.5, 0.6) is 0 Å². The molecule has 0 aliphatic heterocycles. The van der Waals surface area contributed by atoms with Gasteiger partial charge in [0.2, 0.25) is 0 Å². The molecule has 0 atom stereocenters. The molecule has 0 amide bonds. The molecule has 0 fully saturated rings. The zero-order chi connectivity index (χ0) is 14.5. The Kier molecular flexibility index (Phi) is 4.96. The van der Waals surface area contributed by atoms with Crippen molar-refractivity contribution in [3.63, 3.8) is 0 Å². The Labute approximate surface area is 123 Å². The summed E-state index contributed by atoms with van der Waals surface area (Å²) in [5.74, 6) is 0.147. The van der Waals surface area contributed by atoms with Crippen LogP contribution >= 0.6 is 11.8 Å². The van der Waals surface area contributed by atoms with E-state index in [-0.39, 0.29) is 11.6 Å². The Morgan fingerprint density at radius 3 is 2.40 bits per heavy atom. The molecule has 0 spiro atoms. The lowest BCUT2D eigenvalue weighted by Gasteiger charge is -2.05. The average Bonchev–Trinajstić information content (AvgIpc) is 2.36. The third-order valence-electron chi connectivity index (χ3n) is 2.91. The summed E-state index contributed by atoms with van der Waals surface area (Å²) < 4.78 is 13.4. The number of hydrogen-bond acceptors (Lipinski definition) is 2. The number of Topliss-reactive ketones (excluding diaryl/α,β-unsaturated/α-hetero) is 1. The maximum atomic E-state index is 13.4. The maximum absolute atomic E-state index is 13.4. The molecule has 2 aromatic carbocycles. The van der Waals surface area contributed by atoms with E-state index in [1.165, 1.54) is 17.8 Å². The van der Waals surface area contributed by atoms with Crippen molar-refractivity contribution in [2.75, 3.05) is 5.75 Å². The van der Waals surface area contributed by atoms with Gasteiger partial charge >= 0.3 is 0 Å². The molecule has 0 aromatic heterocycles. The molecule has 1 nitrogen and oxygen atoms in total. The molecule has 0 N–H and O–H groups in total. The van der Waals surface area contributed by atoms with Crippen LogP contribution < -0.4 is 0 Å². The van der Waals surface area contributed by atoms with Gasteiger partial charge in [0, 0.05) is 11.3 Å². The van der Waals surface area contributed by atoms with Crippen LogP contribution in [0.25, 0.3) is 0 Å². The topological polar surface area (TPSA) is 17.1 Å². The fourth-order valence-electron chi connectivity index (χ4n) is 2.17. The number of hydrogen-bond donors (Lipinski definition) is 0. The minimum Gasteiger partial charge on any atom is -0.298 e. The minimum atomic E-state index is -0.267. The van der Waals surface area contributed by atoms with Gasteiger partial charge in [-0.3, -0.25) is 4.79 Å². The van der Waals surface area contributed by atoms with Crippen molar-refractivity contribution in [2.45, 2.75) is 25.2 Å². The SMILES string of the molecule is Cc1cc(C)cc(CC(=O)CSc2ccccc2F)c1. The first-order chi connectivity index (χ1) is 9.54. The van der Waals surface area contributed by atoms with Crippen LogP contribution in [0.4, 0.5) is 4.39 Å². The van der Waals surface area contributed by atoms with E-state index in [9.17, 15) is 9.18 Å². The Morgan fingerprint density at radius 1 is 1.10 bits per heavy atom. The molecule has 0 unspecified atom stereocenters. The van der Waals surface area contributed by atoms with Crippen molar-refractivity contribution >= 4 is 17.5 Å². The van der Waals surface area contributed by atoms with Gasteiger partial charge in [-0.05, 0) is 31.5 Å². The normalized spacial score (nSPS) is 10.6. The Bertz CT molecular complexity index is 602. The minimum absolute atomic E-state index is 0.114. The monoisotopic (exact) mass is 288 g/mol. The van der Waals surface area contributed by atoms with Gasteiger partial charge in [0.05, 0.1) is 5.75 Å². The summed E-state index contributed by atoms with van der Waals surface area (Å²) in [6.07, 6.45) is 0.407. The lowest BCUT2D eigenvalue weighted by atomic mass is 10.0. The lowest BCUT2D eigenvalue weighted by molar-refractivity contribution is -0.116. The summed E-state index contributed by atoms with van der Waals surface area (Å²) in [6.45, 7) is 4.05. The summed E-state index contributed by atoms with van der Waals surface area (Å²) in [6, 6.07) is 12.7. The molecule has 0 saturated heterocycles. The summed E-state index contributed by atoms with van der Waals surface area (Å²) in [5.41, 5.74) is 3.35. The molecular formula is C17H17FOS. The lowest BCUT2D eigenvalue weighted by Crippen LogP contribution is -2.06. The van der Waals surface area contributed by atoms with Crippen molar-refractivity contribution in [3.05, 3.63) is 65.0 Å². The first-order valence-electron chi connectivity index (χ1n) is 6.51. The third kappa shape index (κ3) is 4.20. The summed E-state index contributed by atoms with van der Waals surface area (Å²) in [4.78, 5) is 12.5. The zero-order valence-electron chi connectivity index (χ0n) is 11.7. The second-order valence-corrected chi connectivity index (χ2v) is 5.95. The van der Waals surface area contributed by atoms with E-state index < -0.39 is 0 Å². The predicted octanol–water partition coefficient (Wildman–Crippen LogP) is 4.35. The average molecular weight is 288 g/mol. The maximum Gasteiger partial charge on any atom is 0.147 e. The van der Waals surface area contributed by atoms with E-state index in [1.54, 1.807) is 18.2 Å². The number of carbonyl (C=O) groups is 1. The van der Waals surface area contributed by atoms with Gasteiger partial charge in [-0.25, -0.2) is 4.39 Å². The summed E-state index contributed by atoms with van der Waals surface area (Å²) in [7, 11) is 0. The highest BCUT2D eigenvalue weighted by Crippen LogP contribution is 2.21.